The predicted octanol–water partition coefficient (Wildman–Crippen LogP) is 1.81. The van der Waals surface area contributed by atoms with E-state index in [-0.39, 0.29) is 11.5 Å². The van der Waals surface area contributed by atoms with Crippen LogP contribution in [0.3, 0.4) is 0 Å². The normalized spacial score (nSPS) is 15.0. The fourth-order valence-electron chi connectivity index (χ4n) is 2.56. The van der Waals surface area contributed by atoms with Gasteiger partial charge < -0.3 is 15.1 Å². The van der Waals surface area contributed by atoms with Gasteiger partial charge in [0.2, 0.25) is 5.91 Å². The number of rotatable bonds is 3. The molecule has 0 spiro atoms. The molecule has 1 aliphatic heterocycles. The molecule has 1 heterocycles. The molecule has 0 radical (unpaired) electrons. The minimum absolute atomic E-state index is 0.0480. The second-order valence-corrected chi connectivity index (χ2v) is 5.90. The first-order valence-electron chi connectivity index (χ1n) is 7.91. The maximum Gasteiger partial charge on any atom is 0.267 e. The second kappa shape index (κ2) is 7.64. The lowest BCUT2D eigenvalue weighted by molar-refractivity contribution is -0.130. The van der Waals surface area contributed by atoms with Crippen molar-refractivity contribution in [3.63, 3.8) is 0 Å². The van der Waals surface area contributed by atoms with E-state index in [1.807, 2.05) is 43.0 Å². The number of nitrogens with one attached hydrogen (secondary N) is 1. The van der Waals surface area contributed by atoms with Gasteiger partial charge >= 0.3 is 0 Å². The van der Waals surface area contributed by atoms with Crippen LogP contribution in [-0.2, 0) is 9.59 Å². The average molecular weight is 326 g/mol. The van der Waals surface area contributed by atoms with Gasteiger partial charge in [-0.05, 0) is 31.0 Å². The second-order valence-electron chi connectivity index (χ2n) is 5.90. The van der Waals surface area contributed by atoms with Crippen LogP contribution in [0.25, 0.3) is 0 Å². The molecule has 1 fully saturated rings. The van der Waals surface area contributed by atoms with Crippen molar-refractivity contribution in [2.75, 3.05) is 31.5 Å². The number of carbonyl (C=O) groups excluding carboxylic acids is 2. The van der Waals surface area contributed by atoms with Gasteiger partial charge in [-0.1, -0.05) is 12.1 Å². The van der Waals surface area contributed by atoms with Crippen LogP contribution in [-0.4, -0.2) is 47.8 Å². The Morgan fingerprint density at radius 1 is 1.21 bits per heavy atom. The van der Waals surface area contributed by atoms with E-state index in [2.05, 4.69) is 5.32 Å². The number of nitriles is 1. The Labute approximate surface area is 142 Å². The summed E-state index contributed by atoms with van der Waals surface area (Å²) in [7, 11) is 0. The van der Waals surface area contributed by atoms with Crippen LogP contribution in [0.4, 0.5) is 5.69 Å². The van der Waals surface area contributed by atoms with E-state index in [1.165, 1.54) is 0 Å². The molecule has 0 bridgehead atoms. The first kappa shape index (κ1) is 17.5. The molecule has 1 aromatic carbocycles. The lowest BCUT2D eigenvalue weighted by atomic mass is 10.1. The Bertz CT molecular complexity index is 710. The molecule has 6 nitrogen and oxygen atoms in total. The lowest BCUT2D eigenvalue weighted by Gasteiger charge is -2.33. The van der Waals surface area contributed by atoms with Gasteiger partial charge in [-0.25, -0.2) is 0 Å². The van der Waals surface area contributed by atoms with Crippen molar-refractivity contribution >= 4 is 17.5 Å². The van der Waals surface area contributed by atoms with Crippen molar-refractivity contribution in [2.45, 2.75) is 20.8 Å². The van der Waals surface area contributed by atoms with Gasteiger partial charge in [-0.2, -0.15) is 5.26 Å². The molecule has 1 aromatic rings. The number of benzene rings is 1. The number of anilines is 1. The molecule has 1 N–H and O–H groups in total. The van der Waals surface area contributed by atoms with Crippen LogP contribution in [0, 0.1) is 25.2 Å². The summed E-state index contributed by atoms with van der Waals surface area (Å²) in [6, 6.07) is 7.63. The van der Waals surface area contributed by atoms with E-state index < -0.39 is 5.91 Å². The van der Waals surface area contributed by atoms with Crippen molar-refractivity contribution in [3.05, 3.63) is 41.1 Å². The quantitative estimate of drug-likeness (QED) is 0.679. The molecule has 0 aliphatic carbocycles. The van der Waals surface area contributed by atoms with Crippen LogP contribution >= 0.6 is 0 Å². The highest BCUT2D eigenvalue weighted by Crippen LogP contribution is 2.18. The third-order valence-electron chi connectivity index (χ3n) is 4.29. The van der Waals surface area contributed by atoms with Gasteiger partial charge in [0.25, 0.3) is 5.91 Å². The highest BCUT2D eigenvalue weighted by Gasteiger charge is 2.19. The van der Waals surface area contributed by atoms with Crippen molar-refractivity contribution in [3.8, 4) is 6.07 Å². The maximum atomic E-state index is 12.4. The van der Waals surface area contributed by atoms with Crippen LogP contribution in [0.1, 0.15) is 18.1 Å². The van der Waals surface area contributed by atoms with Gasteiger partial charge in [0.15, 0.2) is 0 Å². The number of piperazine rings is 1. The number of nitrogens with zero attached hydrogens (tertiary/aromatic N) is 3. The Kier molecular flexibility index (Phi) is 5.59. The van der Waals surface area contributed by atoms with Crippen molar-refractivity contribution in [2.24, 2.45) is 0 Å². The summed E-state index contributed by atoms with van der Waals surface area (Å²) >= 11 is 0. The van der Waals surface area contributed by atoms with Crippen LogP contribution in [0.2, 0.25) is 0 Å². The zero-order valence-electron chi connectivity index (χ0n) is 14.3. The zero-order valence-corrected chi connectivity index (χ0v) is 14.3. The molecular formula is C18H22N4O2. The summed E-state index contributed by atoms with van der Waals surface area (Å²) in [5.41, 5.74) is 2.84. The molecule has 1 aliphatic rings. The molecule has 1 saturated heterocycles. The summed E-state index contributed by atoms with van der Waals surface area (Å²) in [4.78, 5) is 27.4. The molecule has 0 unspecified atom stereocenters. The van der Waals surface area contributed by atoms with E-state index in [4.69, 9.17) is 0 Å². The van der Waals surface area contributed by atoms with E-state index >= 15 is 0 Å². The van der Waals surface area contributed by atoms with Gasteiger partial charge in [-0.3, -0.25) is 9.59 Å². The number of hydrogen-bond acceptors (Lipinski definition) is 4. The Morgan fingerprint density at radius 2 is 1.88 bits per heavy atom. The highest BCUT2D eigenvalue weighted by molar-refractivity contribution is 6.06. The maximum absolute atomic E-state index is 12.4. The molecule has 2 amide bonds. The number of carbonyl (C=O) groups is 2. The molecule has 24 heavy (non-hydrogen) atoms. The summed E-state index contributed by atoms with van der Waals surface area (Å²) in [6.45, 7) is 7.88. The lowest BCUT2D eigenvalue weighted by Crippen LogP contribution is -2.46. The first-order valence-corrected chi connectivity index (χ1v) is 7.91. The fourth-order valence-corrected chi connectivity index (χ4v) is 2.56. The van der Waals surface area contributed by atoms with Gasteiger partial charge in [-0.15, -0.1) is 0 Å². The zero-order chi connectivity index (χ0) is 17.7. The van der Waals surface area contributed by atoms with Crippen molar-refractivity contribution < 1.29 is 9.59 Å². The molecular weight excluding hydrogens is 304 g/mol. The summed E-state index contributed by atoms with van der Waals surface area (Å²) in [6.07, 6.45) is 1.58. The standard InChI is InChI=1S/C18H22N4O2/c1-13-5-4-6-17(14(13)2)20-18(24)16(11-19)12-21-7-9-22(10-8-21)15(3)23/h4-6,12H,7-10H2,1-3H3,(H,20,24)/b16-12-. The molecule has 6 heteroatoms. The summed E-state index contributed by atoms with van der Waals surface area (Å²) in [5, 5.41) is 12.1. The molecule has 2 rings (SSSR count). The topological polar surface area (TPSA) is 76.4 Å². The van der Waals surface area contributed by atoms with Crippen LogP contribution < -0.4 is 5.32 Å². The molecule has 0 saturated carbocycles. The Morgan fingerprint density at radius 3 is 2.46 bits per heavy atom. The van der Waals surface area contributed by atoms with Gasteiger partial charge in [0, 0.05) is 45.0 Å². The average Bonchev–Trinajstić information content (AvgIpc) is 2.57. The number of amides is 2. The highest BCUT2D eigenvalue weighted by atomic mass is 16.2. The van der Waals surface area contributed by atoms with E-state index in [0.29, 0.717) is 31.9 Å². The summed E-state index contributed by atoms with van der Waals surface area (Å²) in [5.74, 6) is -0.369. The Hall–Kier alpha value is -2.81. The Balaban J connectivity index is 2.05. The van der Waals surface area contributed by atoms with Crippen LogP contribution in [0.5, 0.6) is 0 Å². The van der Waals surface area contributed by atoms with E-state index in [0.717, 1.165) is 11.1 Å². The molecule has 0 aromatic heterocycles. The SMILES string of the molecule is CC(=O)N1CCN(/C=C(/C#N)C(=O)Nc2cccc(C)c2C)CC1. The van der Waals surface area contributed by atoms with E-state index in [9.17, 15) is 14.9 Å². The summed E-state index contributed by atoms with van der Waals surface area (Å²) < 4.78 is 0. The number of aryl methyl sites for hydroxylation is 1. The van der Waals surface area contributed by atoms with Crippen LogP contribution in [0.15, 0.2) is 30.0 Å². The van der Waals surface area contributed by atoms with Gasteiger partial charge in [0.05, 0.1) is 0 Å². The van der Waals surface area contributed by atoms with Crippen molar-refractivity contribution in [1.29, 1.82) is 5.26 Å². The minimum atomic E-state index is -0.416. The van der Waals surface area contributed by atoms with E-state index in [1.54, 1.807) is 18.0 Å². The largest absolute Gasteiger partial charge is 0.373 e. The molecule has 0 atom stereocenters. The monoisotopic (exact) mass is 326 g/mol. The predicted molar refractivity (Wildman–Crippen MR) is 92.1 cm³/mol. The van der Waals surface area contributed by atoms with Crippen molar-refractivity contribution in [1.82, 2.24) is 9.80 Å². The third kappa shape index (κ3) is 4.13. The third-order valence-corrected chi connectivity index (χ3v) is 4.29. The smallest absolute Gasteiger partial charge is 0.267 e. The van der Waals surface area contributed by atoms with Gasteiger partial charge in [0.1, 0.15) is 11.6 Å². The fraction of sp³-hybridized carbons (Fsp3) is 0.389. The molecule has 126 valence electrons. The number of hydrogen-bond donors (Lipinski definition) is 1. The first-order chi connectivity index (χ1) is 11.4. The minimum Gasteiger partial charge on any atom is -0.373 e.